The van der Waals surface area contributed by atoms with E-state index in [1.54, 1.807) is 35.0 Å². The summed E-state index contributed by atoms with van der Waals surface area (Å²) in [5.74, 6) is -0.616. The summed E-state index contributed by atoms with van der Waals surface area (Å²) < 4.78 is 39.9. The zero-order valence-corrected chi connectivity index (χ0v) is 13.8. The summed E-state index contributed by atoms with van der Waals surface area (Å²) in [5, 5.41) is 13.2. The van der Waals surface area contributed by atoms with Crippen molar-refractivity contribution in [1.82, 2.24) is 9.99 Å². The number of nitrogens with one attached hydrogen (secondary N) is 1. The second kappa shape index (κ2) is 7.36. The summed E-state index contributed by atoms with van der Waals surface area (Å²) in [4.78, 5) is 12.0. The number of benzene rings is 2. The maximum Gasteiger partial charge on any atom is 0.416 e. The van der Waals surface area contributed by atoms with E-state index in [0.717, 1.165) is 23.9 Å². The number of nitrogens with zero attached hydrogens (tertiary/aromatic N) is 2. The van der Waals surface area contributed by atoms with Crippen LogP contribution in [0.5, 0.6) is 5.75 Å². The average Bonchev–Trinajstić information content (AvgIpc) is 3.10. The van der Waals surface area contributed by atoms with E-state index in [1.165, 1.54) is 24.4 Å². The maximum atomic E-state index is 12.7. The van der Waals surface area contributed by atoms with E-state index < -0.39 is 17.6 Å². The van der Waals surface area contributed by atoms with E-state index in [4.69, 9.17) is 0 Å². The number of aromatic nitrogens is 1. The largest absolute Gasteiger partial charge is 0.508 e. The number of rotatable bonds is 4. The number of hydrazone groups is 1. The van der Waals surface area contributed by atoms with Gasteiger partial charge in [-0.2, -0.15) is 18.3 Å². The Morgan fingerprint density at radius 3 is 2.52 bits per heavy atom. The lowest BCUT2D eigenvalue weighted by Crippen LogP contribution is -2.18. The molecule has 0 saturated carbocycles. The van der Waals surface area contributed by atoms with Crippen LogP contribution in [0.3, 0.4) is 0 Å². The molecule has 1 heterocycles. The van der Waals surface area contributed by atoms with Crippen LogP contribution in [0.1, 0.15) is 21.6 Å². The minimum atomic E-state index is -4.52. The lowest BCUT2D eigenvalue weighted by atomic mass is 10.1. The van der Waals surface area contributed by atoms with Crippen molar-refractivity contribution >= 4 is 12.1 Å². The quantitative estimate of drug-likeness (QED) is 0.537. The summed E-state index contributed by atoms with van der Waals surface area (Å²) in [5.41, 5.74) is 2.57. The molecule has 0 unspecified atom stereocenters. The Labute approximate surface area is 152 Å². The van der Waals surface area contributed by atoms with Gasteiger partial charge >= 0.3 is 6.18 Å². The summed E-state index contributed by atoms with van der Waals surface area (Å²) in [7, 11) is 0. The zero-order valence-electron chi connectivity index (χ0n) is 13.8. The molecular formula is C19H14F3N3O2. The normalized spacial score (nSPS) is 11.7. The first kappa shape index (κ1) is 18.2. The van der Waals surface area contributed by atoms with Gasteiger partial charge in [0.05, 0.1) is 17.5 Å². The second-order valence-corrected chi connectivity index (χ2v) is 5.60. The molecule has 1 aromatic heterocycles. The molecule has 138 valence electrons. The first-order valence-corrected chi connectivity index (χ1v) is 7.82. The minimum absolute atomic E-state index is 0.134. The van der Waals surface area contributed by atoms with E-state index in [-0.39, 0.29) is 11.3 Å². The number of phenolic OH excluding ortho intramolecular Hbond substituents is 1. The number of hydrogen-bond acceptors (Lipinski definition) is 3. The zero-order chi connectivity index (χ0) is 19.4. The van der Waals surface area contributed by atoms with Gasteiger partial charge in [-0.15, -0.1) is 0 Å². The average molecular weight is 373 g/mol. The van der Waals surface area contributed by atoms with Crippen LogP contribution in [0.25, 0.3) is 5.69 Å². The fourth-order valence-corrected chi connectivity index (χ4v) is 2.41. The number of carbonyl (C=O) groups excluding carboxylic acids is 1. The molecule has 0 bridgehead atoms. The van der Waals surface area contributed by atoms with Gasteiger partial charge in [0.2, 0.25) is 0 Å². The van der Waals surface area contributed by atoms with Gasteiger partial charge in [0, 0.05) is 17.4 Å². The van der Waals surface area contributed by atoms with E-state index in [2.05, 4.69) is 10.5 Å². The van der Waals surface area contributed by atoms with Crippen LogP contribution in [0.4, 0.5) is 13.2 Å². The first-order chi connectivity index (χ1) is 12.8. The molecule has 0 aliphatic heterocycles. The molecule has 27 heavy (non-hydrogen) atoms. The van der Waals surface area contributed by atoms with Crippen molar-refractivity contribution in [2.75, 3.05) is 0 Å². The van der Waals surface area contributed by atoms with Crippen molar-refractivity contribution in [3.63, 3.8) is 0 Å². The molecule has 0 radical (unpaired) electrons. The lowest BCUT2D eigenvalue weighted by Gasteiger charge is -2.08. The lowest BCUT2D eigenvalue weighted by molar-refractivity contribution is -0.137. The molecule has 0 aliphatic carbocycles. The molecule has 0 atom stereocenters. The highest BCUT2D eigenvalue weighted by Gasteiger charge is 2.30. The topological polar surface area (TPSA) is 66.6 Å². The van der Waals surface area contributed by atoms with Gasteiger partial charge in [-0.3, -0.25) is 4.79 Å². The number of carbonyl (C=O) groups is 1. The molecular weight excluding hydrogens is 359 g/mol. The Morgan fingerprint density at radius 1 is 1.07 bits per heavy atom. The fraction of sp³-hybridized carbons (Fsp3) is 0.0526. The van der Waals surface area contributed by atoms with Gasteiger partial charge in [-0.25, -0.2) is 5.43 Å². The molecule has 2 aromatic carbocycles. The number of halogens is 3. The van der Waals surface area contributed by atoms with Gasteiger partial charge < -0.3 is 9.67 Å². The molecule has 3 aromatic rings. The smallest absolute Gasteiger partial charge is 0.416 e. The molecule has 0 aliphatic rings. The van der Waals surface area contributed by atoms with Gasteiger partial charge in [-0.1, -0.05) is 6.07 Å². The summed E-state index contributed by atoms with van der Waals surface area (Å²) in [6.45, 7) is 0. The van der Waals surface area contributed by atoms with E-state index in [0.29, 0.717) is 5.69 Å². The second-order valence-electron chi connectivity index (χ2n) is 5.60. The number of phenols is 1. The van der Waals surface area contributed by atoms with Gasteiger partial charge in [0.25, 0.3) is 5.91 Å². The number of amides is 1. The predicted molar refractivity (Wildman–Crippen MR) is 93.9 cm³/mol. The van der Waals surface area contributed by atoms with Crippen molar-refractivity contribution in [3.05, 3.63) is 83.7 Å². The number of hydrogen-bond donors (Lipinski definition) is 2. The summed E-state index contributed by atoms with van der Waals surface area (Å²) in [6, 6.07) is 14.1. The first-order valence-electron chi connectivity index (χ1n) is 7.82. The Balaban J connectivity index is 1.73. The molecule has 5 nitrogen and oxygen atoms in total. The van der Waals surface area contributed by atoms with Crippen molar-refractivity contribution in [3.8, 4) is 11.4 Å². The van der Waals surface area contributed by atoms with Crippen molar-refractivity contribution in [2.45, 2.75) is 6.18 Å². The van der Waals surface area contributed by atoms with E-state index in [1.807, 2.05) is 0 Å². The maximum absolute atomic E-state index is 12.7. The third kappa shape index (κ3) is 4.35. The molecule has 0 fully saturated rings. The van der Waals surface area contributed by atoms with Crippen LogP contribution in [-0.4, -0.2) is 21.8 Å². The van der Waals surface area contributed by atoms with Gasteiger partial charge in [0.15, 0.2) is 0 Å². The number of aromatic hydroxyl groups is 1. The van der Waals surface area contributed by atoms with Crippen molar-refractivity contribution in [2.24, 2.45) is 5.10 Å². The monoisotopic (exact) mass is 373 g/mol. The minimum Gasteiger partial charge on any atom is -0.508 e. The summed E-state index contributed by atoms with van der Waals surface area (Å²) >= 11 is 0. The fourth-order valence-electron chi connectivity index (χ4n) is 2.41. The Morgan fingerprint density at radius 2 is 1.81 bits per heavy atom. The molecule has 0 spiro atoms. The van der Waals surface area contributed by atoms with Crippen molar-refractivity contribution < 1.29 is 23.1 Å². The molecule has 8 heteroatoms. The van der Waals surface area contributed by atoms with Gasteiger partial charge in [0.1, 0.15) is 5.75 Å². The van der Waals surface area contributed by atoms with Crippen LogP contribution in [0.2, 0.25) is 0 Å². The van der Waals surface area contributed by atoms with E-state index in [9.17, 15) is 23.1 Å². The van der Waals surface area contributed by atoms with Crippen LogP contribution in [0, 0.1) is 0 Å². The molecule has 1 amide bonds. The highest BCUT2D eigenvalue weighted by Crippen LogP contribution is 2.29. The van der Waals surface area contributed by atoms with Gasteiger partial charge in [-0.05, 0) is 54.6 Å². The van der Waals surface area contributed by atoms with Crippen LogP contribution < -0.4 is 5.43 Å². The highest BCUT2D eigenvalue weighted by atomic mass is 19.4. The Kier molecular flexibility index (Phi) is 4.98. The summed E-state index contributed by atoms with van der Waals surface area (Å²) in [6.07, 6.45) is -1.38. The number of alkyl halides is 3. The Hall–Kier alpha value is -3.55. The van der Waals surface area contributed by atoms with Crippen LogP contribution in [0.15, 0.2) is 72.0 Å². The van der Waals surface area contributed by atoms with Crippen LogP contribution >= 0.6 is 0 Å². The SMILES string of the molecule is O=C(N/N=C\c1cccn1-c1ccc(O)cc1)c1cccc(C(F)(F)F)c1. The third-order valence-corrected chi connectivity index (χ3v) is 3.72. The highest BCUT2D eigenvalue weighted by molar-refractivity contribution is 5.95. The molecule has 0 saturated heterocycles. The molecule has 3 rings (SSSR count). The standard InChI is InChI=1S/C19H14F3N3O2/c20-19(21,22)14-4-1-3-13(11-14)18(27)24-23-12-16-5-2-10-25(16)15-6-8-17(26)9-7-15/h1-12,26H,(H,24,27)/b23-12-. The van der Waals surface area contributed by atoms with Crippen LogP contribution in [-0.2, 0) is 6.18 Å². The van der Waals surface area contributed by atoms with E-state index >= 15 is 0 Å². The Bertz CT molecular complexity index is 976. The third-order valence-electron chi connectivity index (χ3n) is 3.72. The molecule has 2 N–H and O–H groups in total. The predicted octanol–water partition coefficient (Wildman–Crippen LogP) is 3.97. The van der Waals surface area contributed by atoms with Crippen molar-refractivity contribution in [1.29, 1.82) is 0 Å².